The number of nitrogens with zero attached hydrogens (tertiary/aromatic N) is 4. The molecule has 8 nitrogen and oxygen atoms in total. The van der Waals surface area contributed by atoms with Crippen molar-refractivity contribution in [2.45, 2.75) is 32.6 Å². The number of halogens is 1. The highest BCUT2D eigenvalue weighted by Gasteiger charge is 2.27. The molecule has 1 fully saturated rings. The first-order valence-corrected chi connectivity index (χ1v) is 8.94. The van der Waals surface area contributed by atoms with Gasteiger partial charge in [-0.3, -0.25) is 0 Å². The fourth-order valence-corrected chi connectivity index (χ4v) is 3.56. The molecule has 0 radical (unpaired) electrons. The summed E-state index contributed by atoms with van der Waals surface area (Å²) >= 11 is 6.09. The minimum Gasteiger partial charge on any atom is -0.369 e. The van der Waals surface area contributed by atoms with Gasteiger partial charge in [0.2, 0.25) is 5.96 Å². The second kappa shape index (κ2) is 7.43. The number of nitrogen functional groups attached to an aromatic ring is 1. The number of benzene rings is 1. The number of nitrogens with one attached hydrogen (secondary N) is 1. The summed E-state index contributed by atoms with van der Waals surface area (Å²) in [6.07, 6.45) is 1.86. The van der Waals surface area contributed by atoms with Crippen LogP contribution < -0.4 is 22.4 Å². The minimum absolute atomic E-state index is 0.364. The van der Waals surface area contributed by atoms with Gasteiger partial charge in [0.25, 0.3) is 0 Å². The summed E-state index contributed by atoms with van der Waals surface area (Å²) in [5.41, 5.74) is 9.58. The van der Waals surface area contributed by atoms with Gasteiger partial charge in [0.1, 0.15) is 0 Å². The van der Waals surface area contributed by atoms with Gasteiger partial charge < -0.3 is 21.5 Å². The number of aromatic amines is 1. The quantitative estimate of drug-likeness (QED) is 0.275. The molecule has 0 saturated carbocycles. The Morgan fingerprint density at radius 2 is 2.04 bits per heavy atom. The number of H-pyrrole nitrogens is 1. The first kappa shape index (κ1) is 18.3. The highest BCUT2D eigenvalue weighted by Crippen LogP contribution is 2.30. The number of piperidine rings is 1. The molecule has 3 rings (SSSR count). The molecule has 2 aromatic rings. The zero-order valence-corrected chi connectivity index (χ0v) is 15.8. The van der Waals surface area contributed by atoms with E-state index >= 15 is 0 Å². The third-order valence-electron chi connectivity index (χ3n) is 4.86. The predicted octanol–water partition coefficient (Wildman–Crippen LogP) is 2.05. The van der Waals surface area contributed by atoms with Crippen LogP contribution in [-0.4, -0.2) is 33.9 Å². The summed E-state index contributed by atoms with van der Waals surface area (Å²) in [4.78, 5) is 9.58. The molecule has 0 bridgehead atoms. The number of hydrogen-bond acceptors (Lipinski definition) is 5. The molecule has 26 heavy (non-hydrogen) atoms. The molecule has 7 N–H and O–H groups in total. The molecular formula is C17H25ClN8. The van der Waals surface area contributed by atoms with Crippen LogP contribution in [0.25, 0.3) is 0 Å². The largest absolute Gasteiger partial charge is 0.369 e. The van der Waals surface area contributed by atoms with Crippen molar-refractivity contribution in [2.75, 3.05) is 23.8 Å². The van der Waals surface area contributed by atoms with E-state index in [1.807, 2.05) is 32.0 Å². The maximum atomic E-state index is 6.28. The van der Waals surface area contributed by atoms with Gasteiger partial charge >= 0.3 is 0 Å². The molecule has 140 valence electrons. The fourth-order valence-electron chi connectivity index (χ4n) is 3.44. The average molecular weight is 377 g/mol. The number of nitrogens with two attached hydrogens (primary N) is 3. The van der Waals surface area contributed by atoms with Gasteiger partial charge in [-0.05, 0) is 50.5 Å². The lowest BCUT2D eigenvalue weighted by molar-refractivity contribution is 0.305. The molecule has 1 aromatic carbocycles. The van der Waals surface area contributed by atoms with E-state index in [0.29, 0.717) is 22.8 Å². The van der Waals surface area contributed by atoms with E-state index < -0.39 is 0 Å². The fraction of sp³-hybridized carbons (Fsp3) is 0.412. The Kier molecular flexibility index (Phi) is 5.24. The Labute approximate surface area is 158 Å². The number of imidazole rings is 1. The monoisotopic (exact) mass is 376 g/mol. The standard InChI is InChI=1S/C17H25ClN8/c1-10-9-13(3-4-14(10)18)26(21)17(24-20)25-7-5-12(6-8-25)15-11(2)22-16(19)23-15/h3-4,9,12H,5-8,20-21H2,1-2H3,(H3,19,22,23)/b24-17-. The van der Waals surface area contributed by atoms with Gasteiger partial charge in [-0.1, -0.05) is 11.6 Å². The third kappa shape index (κ3) is 3.56. The van der Waals surface area contributed by atoms with Crippen molar-refractivity contribution in [2.24, 2.45) is 16.8 Å². The number of aromatic nitrogens is 2. The van der Waals surface area contributed by atoms with Crippen molar-refractivity contribution in [3.05, 3.63) is 40.2 Å². The molecule has 1 saturated heterocycles. The minimum atomic E-state index is 0.364. The number of rotatable bonds is 2. The van der Waals surface area contributed by atoms with Crippen molar-refractivity contribution in [1.82, 2.24) is 14.9 Å². The molecular weight excluding hydrogens is 352 g/mol. The van der Waals surface area contributed by atoms with Crippen LogP contribution >= 0.6 is 11.6 Å². The molecule has 2 heterocycles. The molecule has 0 unspecified atom stereocenters. The Bertz CT molecular complexity index is 807. The zero-order valence-electron chi connectivity index (χ0n) is 15.0. The van der Waals surface area contributed by atoms with Gasteiger partial charge in [0, 0.05) is 29.7 Å². The van der Waals surface area contributed by atoms with Gasteiger partial charge in [0.15, 0.2) is 5.95 Å². The second-order valence-corrected chi connectivity index (χ2v) is 7.03. The Morgan fingerprint density at radius 1 is 1.35 bits per heavy atom. The average Bonchev–Trinajstić information content (AvgIpc) is 2.97. The number of likely N-dealkylation sites (tertiary alicyclic amines) is 1. The molecule has 9 heteroatoms. The zero-order chi connectivity index (χ0) is 18.8. The first-order valence-electron chi connectivity index (χ1n) is 8.56. The normalized spacial score (nSPS) is 16.2. The maximum Gasteiger partial charge on any atom is 0.237 e. The van der Waals surface area contributed by atoms with Crippen LogP contribution in [0.15, 0.2) is 23.3 Å². The maximum absolute atomic E-state index is 6.28. The lowest BCUT2D eigenvalue weighted by Crippen LogP contribution is -2.51. The topological polar surface area (TPSA) is 126 Å². The molecule has 1 aliphatic rings. The van der Waals surface area contributed by atoms with Crippen molar-refractivity contribution in [3.8, 4) is 0 Å². The summed E-state index contributed by atoms with van der Waals surface area (Å²) in [5.74, 6) is 13.3. The van der Waals surface area contributed by atoms with Crippen LogP contribution in [0.4, 0.5) is 11.6 Å². The predicted molar refractivity (Wildman–Crippen MR) is 106 cm³/mol. The Morgan fingerprint density at radius 3 is 2.58 bits per heavy atom. The SMILES string of the molecule is Cc1cc(N(N)/C(=N\N)N2CCC(c3nc(N)[nH]c3C)CC2)ccc1Cl. The number of anilines is 2. The number of hydrazine groups is 1. The highest BCUT2D eigenvalue weighted by molar-refractivity contribution is 6.31. The van der Waals surface area contributed by atoms with Crippen molar-refractivity contribution in [1.29, 1.82) is 0 Å². The molecule has 1 aromatic heterocycles. The summed E-state index contributed by atoms with van der Waals surface area (Å²) in [6.45, 7) is 5.50. The van der Waals surface area contributed by atoms with E-state index in [4.69, 9.17) is 29.0 Å². The highest BCUT2D eigenvalue weighted by atomic mass is 35.5. The number of guanidine groups is 1. The number of hydrogen-bond donors (Lipinski definition) is 4. The van der Waals surface area contributed by atoms with Crippen LogP contribution in [0.3, 0.4) is 0 Å². The molecule has 0 spiro atoms. The smallest absolute Gasteiger partial charge is 0.237 e. The second-order valence-electron chi connectivity index (χ2n) is 6.63. The van der Waals surface area contributed by atoms with Crippen molar-refractivity contribution >= 4 is 29.2 Å². The summed E-state index contributed by atoms with van der Waals surface area (Å²) in [5, 5.41) is 6.13. The summed E-state index contributed by atoms with van der Waals surface area (Å²) in [7, 11) is 0. The third-order valence-corrected chi connectivity index (χ3v) is 5.28. The molecule has 0 atom stereocenters. The van der Waals surface area contributed by atoms with E-state index in [9.17, 15) is 0 Å². The molecule has 1 aliphatic heterocycles. The summed E-state index contributed by atoms with van der Waals surface area (Å²) in [6, 6.07) is 5.58. The van der Waals surface area contributed by atoms with E-state index in [2.05, 4.69) is 20.0 Å². The van der Waals surface area contributed by atoms with Crippen LogP contribution in [0.5, 0.6) is 0 Å². The van der Waals surface area contributed by atoms with E-state index in [0.717, 1.165) is 48.6 Å². The van der Waals surface area contributed by atoms with Crippen LogP contribution in [0.2, 0.25) is 5.02 Å². The molecule has 0 amide bonds. The number of hydrazone groups is 1. The van der Waals surface area contributed by atoms with Crippen LogP contribution in [0, 0.1) is 13.8 Å². The number of aryl methyl sites for hydroxylation is 2. The van der Waals surface area contributed by atoms with Gasteiger partial charge in [-0.2, -0.15) is 0 Å². The Balaban J connectivity index is 1.70. The Hall–Kier alpha value is -2.45. The van der Waals surface area contributed by atoms with E-state index in [-0.39, 0.29) is 0 Å². The van der Waals surface area contributed by atoms with Gasteiger partial charge in [0.05, 0.1) is 11.4 Å². The van der Waals surface area contributed by atoms with Crippen molar-refractivity contribution < 1.29 is 0 Å². The van der Waals surface area contributed by atoms with Crippen LogP contribution in [-0.2, 0) is 0 Å². The van der Waals surface area contributed by atoms with Gasteiger partial charge in [-0.25, -0.2) is 15.8 Å². The molecule has 0 aliphatic carbocycles. The summed E-state index contributed by atoms with van der Waals surface area (Å²) < 4.78 is 0. The van der Waals surface area contributed by atoms with E-state index in [1.54, 1.807) is 0 Å². The van der Waals surface area contributed by atoms with Crippen molar-refractivity contribution in [3.63, 3.8) is 0 Å². The lowest BCUT2D eigenvalue weighted by atomic mass is 9.92. The van der Waals surface area contributed by atoms with Crippen LogP contribution in [0.1, 0.15) is 35.7 Å². The van der Waals surface area contributed by atoms with E-state index in [1.165, 1.54) is 5.01 Å². The first-order chi connectivity index (χ1) is 12.4. The van der Waals surface area contributed by atoms with Gasteiger partial charge in [-0.15, -0.1) is 5.10 Å². The lowest BCUT2D eigenvalue weighted by Gasteiger charge is -2.36.